The molecule has 96 valence electrons. The quantitative estimate of drug-likeness (QED) is 0.827. The van der Waals surface area contributed by atoms with Crippen LogP contribution in [0, 0.1) is 12.7 Å². The Bertz CT molecular complexity index is 534. The van der Waals surface area contributed by atoms with Gasteiger partial charge in [-0.05, 0) is 20.0 Å². The fourth-order valence-corrected chi connectivity index (χ4v) is 1.96. The Hall–Kier alpha value is -1.68. The standard InChI is InChI=1S/C14H18FN3/c1-11-13(8-16-18(11)3)10-17(2)9-12-6-4-5-7-14(12)15/h4-8H,9-10H2,1-3H3. The first kappa shape index (κ1) is 12.8. The average molecular weight is 247 g/mol. The molecular weight excluding hydrogens is 229 g/mol. The minimum absolute atomic E-state index is 0.146. The number of rotatable bonds is 4. The highest BCUT2D eigenvalue weighted by molar-refractivity contribution is 5.18. The summed E-state index contributed by atoms with van der Waals surface area (Å²) in [6, 6.07) is 6.89. The van der Waals surface area contributed by atoms with Gasteiger partial charge in [-0.3, -0.25) is 9.58 Å². The van der Waals surface area contributed by atoms with Crippen LogP contribution < -0.4 is 0 Å². The van der Waals surface area contributed by atoms with Crippen LogP contribution in [0.2, 0.25) is 0 Å². The smallest absolute Gasteiger partial charge is 0.127 e. The zero-order valence-corrected chi connectivity index (χ0v) is 11.0. The van der Waals surface area contributed by atoms with E-state index in [1.165, 1.54) is 11.6 Å². The minimum atomic E-state index is -0.146. The topological polar surface area (TPSA) is 21.1 Å². The van der Waals surface area contributed by atoms with Gasteiger partial charge in [-0.25, -0.2) is 4.39 Å². The third-order valence-electron chi connectivity index (χ3n) is 3.18. The highest BCUT2D eigenvalue weighted by Crippen LogP contribution is 2.13. The van der Waals surface area contributed by atoms with E-state index in [2.05, 4.69) is 10.00 Å². The summed E-state index contributed by atoms with van der Waals surface area (Å²) in [7, 11) is 3.91. The molecule has 2 rings (SSSR count). The lowest BCUT2D eigenvalue weighted by molar-refractivity contribution is 0.313. The maximum atomic E-state index is 13.5. The molecule has 0 bridgehead atoms. The zero-order valence-electron chi connectivity index (χ0n) is 11.0. The van der Waals surface area contributed by atoms with E-state index in [-0.39, 0.29) is 5.82 Å². The molecule has 1 heterocycles. The Labute approximate surface area is 107 Å². The van der Waals surface area contributed by atoms with Crippen LogP contribution in [0.3, 0.4) is 0 Å². The lowest BCUT2D eigenvalue weighted by atomic mass is 10.2. The van der Waals surface area contributed by atoms with Crippen LogP contribution in [0.1, 0.15) is 16.8 Å². The average Bonchev–Trinajstić information content (AvgIpc) is 2.64. The van der Waals surface area contributed by atoms with Crippen LogP contribution >= 0.6 is 0 Å². The summed E-state index contributed by atoms with van der Waals surface area (Å²) in [5.74, 6) is -0.146. The summed E-state index contributed by atoms with van der Waals surface area (Å²) < 4.78 is 15.4. The van der Waals surface area contributed by atoms with Gasteiger partial charge in [-0.2, -0.15) is 5.10 Å². The third-order valence-corrected chi connectivity index (χ3v) is 3.18. The van der Waals surface area contributed by atoms with Crippen molar-refractivity contribution in [3.05, 3.63) is 53.1 Å². The monoisotopic (exact) mass is 247 g/mol. The van der Waals surface area contributed by atoms with E-state index in [0.717, 1.165) is 17.8 Å². The van der Waals surface area contributed by atoms with E-state index in [4.69, 9.17) is 0 Å². The Morgan fingerprint density at radius 3 is 2.50 bits per heavy atom. The third kappa shape index (κ3) is 2.76. The molecule has 0 aliphatic heterocycles. The molecule has 0 spiro atoms. The first-order chi connectivity index (χ1) is 8.58. The number of hydrogen-bond acceptors (Lipinski definition) is 2. The Morgan fingerprint density at radius 1 is 1.22 bits per heavy atom. The molecule has 0 amide bonds. The van der Waals surface area contributed by atoms with Gasteiger partial charge in [0.1, 0.15) is 5.82 Å². The van der Waals surface area contributed by atoms with Crippen LogP contribution in [0.25, 0.3) is 0 Å². The molecule has 3 nitrogen and oxygen atoms in total. The molecule has 4 heteroatoms. The van der Waals surface area contributed by atoms with E-state index in [9.17, 15) is 4.39 Å². The summed E-state index contributed by atoms with van der Waals surface area (Å²) in [6.07, 6.45) is 1.87. The maximum absolute atomic E-state index is 13.5. The predicted molar refractivity (Wildman–Crippen MR) is 69.5 cm³/mol. The number of nitrogens with zero attached hydrogens (tertiary/aromatic N) is 3. The van der Waals surface area contributed by atoms with Gasteiger partial charge in [0.15, 0.2) is 0 Å². The zero-order chi connectivity index (χ0) is 13.1. The number of halogens is 1. The van der Waals surface area contributed by atoms with Gasteiger partial charge in [0.05, 0.1) is 6.20 Å². The second-order valence-corrected chi connectivity index (χ2v) is 4.64. The summed E-state index contributed by atoms with van der Waals surface area (Å²) >= 11 is 0. The molecule has 0 atom stereocenters. The normalized spacial score (nSPS) is 11.2. The molecule has 2 aromatic rings. The molecule has 0 aliphatic rings. The van der Waals surface area contributed by atoms with E-state index >= 15 is 0 Å². The highest BCUT2D eigenvalue weighted by Gasteiger charge is 2.09. The van der Waals surface area contributed by atoms with Crippen molar-refractivity contribution in [1.82, 2.24) is 14.7 Å². The van der Waals surface area contributed by atoms with E-state index < -0.39 is 0 Å². The van der Waals surface area contributed by atoms with Crippen LogP contribution in [0.15, 0.2) is 30.5 Å². The molecule has 0 saturated carbocycles. The van der Waals surface area contributed by atoms with Crippen molar-refractivity contribution < 1.29 is 4.39 Å². The van der Waals surface area contributed by atoms with Crippen molar-refractivity contribution in [2.24, 2.45) is 7.05 Å². The van der Waals surface area contributed by atoms with Crippen molar-refractivity contribution in [1.29, 1.82) is 0 Å². The van der Waals surface area contributed by atoms with Gasteiger partial charge in [0.2, 0.25) is 0 Å². The van der Waals surface area contributed by atoms with Crippen molar-refractivity contribution in [3.8, 4) is 0 Å². The second-order valence-electron chi connectivity index (χ2n) is 4.64. The summed E-state index contributed by atoms with van der Waals surface area (Å²) in [5.41, 5.74) is 3.05. The lowest BCUT2D eigenvalue weighted by Gasteiger charge is -2.16. The molecular formula is C14H18FN3. The molecule has 0 N–H and O–H groups in total. The predicted octanol–water partition coefficient (Wildman–Crippen LogP) is 2.50. The molecule has 1 aromatic heterocycles. The van der Waals surface area contributed by atoms with Crippen LogP contribution in [-0.2, 0) is 20.1 Å². The van der Waals surface area contributed by atoms with E-state index in [1.807, 2.05) is 44.0 Å². The lowest BCUT2D eigenvalue weighted by Crippen LogP contribution is -2.18. The van der Waals surface area contributed by atoms with Crippen molar-refractivity contribution in [2.75, 3.05) is 7.05 Å². The molecule has 18 heavy (non-hydrogen) atoms. The minimum Gasteiger partial charge on any atom is -0.298 e. The van der Waals surface area contributed by atoms with Crippen LogP contribution in [-0.4, -0.2) is 21.7 Å². The van der Waals surface area contributed by atoms with Gasteiger partial charge in [-0.1, -0.05) is 18.2 Å². The van der Waals surface area contributed by atoms with Gasteiger partial charge in [0, 0.05) is 37.0 Å². The first-order valence-electron chi connectivity index (χ1n) is 5.97. The molecule has 0 saturated heterocycles. The van der Waals surface area contributed by atoms with Crippen molar-refractivity contribution in [3.63, 3.8) is 0 Å². The molecule has 0 unspecified atom stereocenters. The van der Waals surface area contributed by atoms with Gasteiger partial charge >= 0.3 is 0 Å². The maximum Gasteiger partial charge on any atom is 0.127 e. The Morgan fingerprint density at radius 2 is 1.89 bits per heavy atom. The van der Waals surface area contributed by atoms with Crippen molar-refractivity contribution in [2.45, 2.75) is 20.0 Å². The Balaban J connectivity index is 2.03. The van der Waals surface area contributed by atoms with Gasteiger partial charge < -0.3 is 0 Å². The van der Waals surface area contributed by atoms with E-state index in [0.29, 0.717) is 6.54 Å². The molecule has 1 aromatic carbocycles. The molecule has 0 radical (unpaired) electrons. The summed E-state index contributed by atoms with van der Waals surface area (Å²) in [6.45, 7) is 3.41. The summed E-state index contributed by atoms with van der Waals surface area (Å²) in [5, 5.41) is 4.21. The van der Waals surface area contributed by atoms with Crippen LogP contribution in [0.5, 0.6) is 0 Å². The largest absolute Gasteiger partial charge is 0.298 e. The second kappa shape index (κ2) is 5.31. The number of benzene rings is 1. The number of hydrogen-bond donors (Lipinski definition) is 0. The highest BCUT2D eigenvalue weighted by atomic mass is 19.1. The van der Waals surface area contributed by atoms with Crippen LogP contribution in [0.4, 0.5) is 4.39 Å². The number of aryl methyl sites for hydroxylation is 1. The van der Waals surface area contributed by atoms with Gasteiger partial charge in [0.25, 0.3) is 0 Å². The van der Waals surface area contributed by atoms with Gasteiger partial charge in [-0.15, -0.1) is 0 Å². The Kier molecular flexibility index (Phi) is 3.77. The fraction of sp³-hybridized carbons (Fsp3) is 0.357. The SMILES string of the molecule is Cc1c(CN(C)Cc2ccccc2F)cnn1C. The molecule has 0 aliphatic carbocycles. The van der Waals surface area contributed by atoms with Crippen molar-refractivity contribution >= 4 is 0 Å². The fourth-order valence-electron chi connectivity index (χ4n) is 1.96. The number of aromatic nitrogens is 2. The summed E-state index contributed by atoms with van der Waals surface area (Å²) in [4.78, 5) is 2.09. The molecule has 0 fully saturated rings. The van der Waals surface area contributed by atoms with E-state index in [1.54, 1.807) is 6.07 Å². The first-order valence-corrected chi connectivity index (χ1v) is 5.97.